The number of hydrogen-bond donors (Lipinski definition) is 4. The van der Waals surface area contributed by atoms with Crippen molar-refractivity contribution < 1.29 is 39.5 Å². The summed E-state index contributed by atoms with van der Waals surface area (Å²) in [5.41, 5.74) is 0.762. The van der Waals surface area contributed by atoms with Gasteiger partial charge in [-0.15, -0.1) is 0 Å². The van der Waals surface area contributed by atoms with E-state index in [4.69, 9.17) is 14.6 Å². The smallest absolute Gasteiger partial charge is 0.494 e. The zero-order valence-corrected chi connectivity index (χ0v) is 35.6. The Morgan fingerprint density at radius 2 is 1.06 bits per heavy atom. The molecule has 0 amide bonds. The van der Waals surface area contributed by atoms with Gasteiger partial charge in [-0.1, -0.05) is 60.4 Å². The SMILES string of the molecule is CCOc1ccc(C#Cc2nc3ccc(-c4ccccc4NS(=O)(=O)C(F)(F)F)cc3[nH]2)cc1.CCOc1ccc(C#Cc2nc3ccc(-c4ccccc4S(N)(=O)=O)cc3[nH]2)cc1. The fourth-order valence-corrected chi connectivity index (χ4v) is 7.66. The van der Waals surface area contributed by atoms with Crippen LogP contribution in [0.25, 0.3) is 44.3 Å². The fourth-order valence-electron chi connectivity index (χ4n) is 6.32. The summed E-state index contributed by atoms with van der Waals surface area (Å²) >= 11 is 0. The number of aromatic nitrogens is 4. The van der Waals surface area contributed by atoms with Crippen LogP contribution in [0.1, 0.15) is 36.6 Å². The maximum Gasteiger partial charge on any atom is 0.516 e. The van der Waals surface area contributed by atoms with Crippen molar-refractivity contribution in [2.75, 3.05) is 17.9 Å². The van der Waals surface area contributed by atoms with Crippen LogP contribution in [0, 0.1) is 23.7 Å². The van der Waals surface area contributed by atoms with E-state index in [-0.39, 0.29) is 16.1 Å². The molecule has 0 unspecified atom stereocenters. The third kappa shape index (κ3) is 10.7. The average Bonchev–Trinajstić information content (AvgIpc) is 3.89. The van der Waals surface area contributed by atoms with Crippen molar-refractivity contribution in [1.82, 2.24) is 19.9 Å². The predicted molar refractivity (Wildman–Crippen MR) is 240 cm³/mol. The first-order valence-corrected chi connectivity index (χ1v) is 22.4. The molecule has 17 heteroatoms. The monoisotopic (exact) mass is 902 g/mol. The molecular weight excluding hydrogens is 866 g/mol. The number of ether oxygens (including phenoxy) is 2. The minimum absolute atomic E-state index is 0.0828. The van der Waals surface area contributed by atoms with Crippen LogP contribution in [0.3, 0.4) is 0 Å². The van der Waals surface area contributed by atoms with Crippen LogP contribution in [0.4, 0.5) is 18.9 Å². The van der Waals surface area contributed by atoms with E-state index in [1.807, 2.05) is 80.6 Å². The number of nitrogens with two attached hydrogens (primary N) is 1. The van der Waals surface area contributed by atoms with Crippen LogP contribution < -0.4 is 19.3 Å². The Labute approximate surface area is 366 Å². The number of benzene rings is 6. The number of H-pyrrole nitrogens is 2. The third-order valence-electron chi connectivity index (χ3n) is 9.24. The number of aromatic amines is 2. The number of halogens is 3. The standard InChI is InChI=1S/C24H18F3N3O3S.C23H19N3O3S/c1-2-33-18-11-7-16(8-12-18)9-14-23-28-21-13-10-17(15-22(21)29-23)19-5-3-4-6-20(19)30-34(31,32)24(25,26)27;1-2-29-18-11-7-16(8-12-18)9-14-23-25-20-13-10-17(15-21(20)26-23)19-5-3-4-6-22(19)30(24,27)28/h3-8,10-13,15,30H,2H2,1H3,(H,28,29);3-8,10-13,15H,2H2,1H3,(H,25,26)(H2,24,27,28). The molecule has 6 aromatic carbocycles. The Kier molecular flexibility index (Phi) is 13.1. The first-order chi connectivity index (χ1) is 30.6. The Balaban J connectivity index is 0.000000193. The summed E-state index contributed by atoms with van der Waals surface area (Å²) in [6, 6.07) is 37.8. The van der Waals surface area contributed by atoms with Crippen molar-refractivity contribution in [2.45, 2.75) is 24.3 Å². The second-order valence-electron chi connectivity index (χ2n) is 13.7. The molecule has 0 fully saturated rings. The van der Waals surface area contributed by atoms with Crippen molar-refractivity contribution in [3.8, 4) is 57.4 Å². The quantitative estimate of drug-likeness (QED) is 0.104. The topological polar surface area (TPSA) is 182 Å². The van der Waals surface area contributed by atoms with Crippen molar-refractivity contribution in [2.24, 2.45) is 5.14 Å². The number of sulfonamides is 2. The van der Waals surface area contributed by atoms with Gasteiger partial charge >= 0.3 is 15.5 Å². The number of nitrogens with zero attached hydrogens (tertiary/aromatic N) is 2. The number of primary sulfonamides is 1. The molecule has 2 heterocycles. The molecule has 0 saturated carbocycles. The first kappa shape index (κ1) is 44.5. The Bertz CT molecular complexity index is 3330. The molecule has 0 aliphatic rings. The highest BCUT2D eigenvalue weighted by molar-refractivity contribution is 7.93. The summed E-state index contributed by atoms with van der Waals surface area (Å²) in [5.74, 6) is 14.5. The van der Waals surface area contributed by atoms with Gasteiger partial charge in [-0.05, 0) is 122 Å². The van der Waals surface area contributed by atoms with Gasteiger partial charge in [0.15, 0.2) is 11.6 Å². The molecule has 8 aromatic rings. The van der Waals surface area contributed by atoms with E-state index >= 15 is 0 Å². The third-order valence-corrected chi connectivity index (χ3v) is 11.3. The number of nitrogens with one attached hydrogen (secondary N) is 3. The van der Waals surface area contributed by atoms with Gasteiger partial charge < -0.3 is 19.4 Å². The van der Waals surface area contributed by atoms with Crippen molar-refractivity contribution >= 4 is 47.8 Å². The predicted octanol–water partition coefficient (Wildman–Crippen LogP) is 8.97. The maximum absolute atomic E-state index is 12.8. The van der Waals surface area contributed by atoms with E-state index in [0.29, 0.717) is 47.0 Å². The van der Waals surface area contributed by atoms with E-state index in [0.717, 1.165) is 39.2 Å². The van der Waals surface area contributed by atoms with Gasteiger partial charge in [-0.25, -0.2) is 23.5 Å². The fraction of sp³-hybridized carbons (Fsp3) is 0.106. The molecule has 2 aromatic heterocycles. The normalized spacial score (nSPS) is 11.4. The summed E-state index contributed by atoms with van der Waals surface area (Å²) in [6.07, 6.45) is 0. The molecule has 12 nitrogen and oxygen atoms in total. The highest BCUT2D eigenvalue weighted by Gasteiger charge is 2.46. The lowest BCUT2D eigenvalue weighted by atomic mass is 10.0. The zero-order chi connectivity index (χ0) is 45.5. The van der Waals surface area contributed by atoms with E-state index in [2.05, 4.69) is 43.6 Å². The van der Waals surface area contributed by atoms with Crippen LogP contribution in [-0.4, -0.2) is 55.5 Å². The van der Waals surface area contributed by atoms with Crippen LogP contribution in [0.2, 0.25) is 0 Å². The highest BCUT2D eigenvalue weighted by Crippen LogP contribution is 2.34. The van der Waals surface area contributed by atoms with Crippen molar-refractivity contribution in [3.05, 3.63) is 156 Å². The molecule has 0 saturated heterocycles. The van der Waals surface area contributed by atoms with Crippen molar-refractivity contribution in [1.29, 1.82) is 0 Å². The summed E-state index contributed by atoms with van der Waals surface area (Å²) in [7, 11) is -9.39. The summed E-state index contributed by atoms with van der Waals surface area (Å²) in [4.78, 5) is 15.2. The first-order valence-electron chi connectivity index (χ1n) is 19.4. The zero-order valence-electron chi connectivity index (χ0n) is 34.0. The molecular formula is C47H37F3N6O6S2. The summed E-state index contributed by atoms with van der Waals surface area (Å²) in [6.45, 7) is 5.03. The lowest BCUT2D eigenvalue weighted by Crippen LogP contribution is -2.30. The molecule has 324 valence electrons. The van der Waals surface area contributed by atoms with Crippen LogP contribution >= 0.6 is 0 Å². The molecule has 0 spiro atoms. The van der Waals surface area contributed by atoms with Crippen molar-refractivity contribution in [3.63, 3.8) is 0 Å². The Hall–Kier alpha value is -7.57. The minimum atomic E-state index is -5.56. The Morgan fingerprint density at radius 3 is 1.53 bits per heavy atom. The minimum Gasteiger partial charge on any atom is -0.494 e. The van der Waals surface area contributed by atoms with E-state index < -0.39 is 25.6 Å². The molecule has 0 aliphatic heterocycles. The lowest BCUT2D eigenvalue weighted by Gasteiger charge is -2.14. The van der Waals surface area contributed by atoms with E-state index in [1.54, 1.807) is 47.2 Å². The number of alkyl halides is 3. The number of para-hydroxylation sites is 1. The molecule has 0 atom stereocenters. The molecule has 0 aliphatic carbocycles. The van der Waals surface area contributed by atoms with Crippen LogP contribution in [-0.2, 0) is 20.0 Å². The molecule has 8 rings (SSSR count). The van der Waals surface area contributed by atoms with Gasteiger partial charge in [0.05, 0.1) is 45.9 Å². The number of rotatable bonds is 9. The Morgan fingerprint density at radius 1 is 0.609 bits per heavy atom. The summed E-state index contributed by atoms with van der Waals surface area (Å²) < 4.78 is 97.9. The molecule has 64 heavy (non-hydrogen) atoms. The van der Waals surface area contributed by atoms with Gasteiger partial charge in [-0.3, -0.25) is 4.72 Å². The summed E-state index contributed by atoms with van der Waals surface area (Å²) in [5, 5.41) is 5.36. The molecule has 0 radical (unpaired) electrons. The second kappa shape index (κ2) is 18.8. The molecule has 0 bridgehead atoms. The molecule has 5 N–H and O–H groups in total. The number of imidazole rings is 2. The maximum atomic E-state index is 12.8. The van der Waals surface area contributed by atoms with E-state index in [1.165, 1.54) is 24.3 Å². The van der Waals surface area contributed by atoms with Gasteiger partial charge in [0.1, 0.15) is 11.5 Å². The van der Waals surface area contributed by atoms with Gasteiger partial charge in [0.2, 0.25) is 10.0 Å². The number of hydrogen-bond acceptors (Lipinski definition) is 8. The van der Waals surface area contributed by atoms with Gasteiger partial charge in [0.25, 0.3) is 0 Å². The largest absolute Gasteiger partial charge is 0.516 e. The lowest BCUT2D eigenvalue weighted by molar-refractivity contribution is -0.0429. The van der Waals surface area contributed by atoms with Gasteiger partial charge in [-0.2, -0.15) is 21.6 Å². The highest BCUT2D eigenvalue weighted by atomic mass is 32.2. The van der Waals surface area contributed by atoms with E-state index in [9.17, 15) is 30.0 Å². The number of fused-ring (bicyclic) bond motifs is 2. The van der Waals surface area contributed by atoms with Gasteiger partial charge in [0, 0.05) is 22.3 Å². The van der Waals surface area contributed by atoms with Crippen LogP contribution in [0.15, 0.2) is 138 Å². The average molecular weight is 903 g/mol. The van der Waals surface area contributed by atoms with Crippen LogP contribution in [0.5, 0.6) is 11.5 Å². The number of anilines is 1. The second-order valence-corrected chi connectivity index (χ2v) is 16.9.